The van der Waals surface area contributed by atoms with Gasteiger partial charge >= 0.3 is 5.97 Å². The molecule has 88 valence electrons. The summed E-state index contributed by atoms with van der Waals surface area (Å²) in [5.74, 6) is 0.0897. The number of halogens is 1. The summed E-state index contributed by atoms with van der Waals surface area (Å²) in [6.45, 7) is 6.37. The molecule has 0 saturated heterocycles. The van der Waals surface area contributed by atoms with E-state index in [0.29, 0.717) is 12.5 Å². The molecule has 0 spiro atoms. The predicted molar refractivity (Wildman–Crippen MR) is 65.8 cm³/mol. The van der Waals surface area contributed by atoms with Crippen LogP contribution in [0.15, 0.2) is 24.3 Å². The summed E-state index contributed by atoms with van der Waals surface area (Å²) in [6, 6.07) is 7.75. The Labute approximate surface area is 102 Å². The first-order valence-electron chi connectivity index (χ1n) is 5.46. The Morgan fingerprint density at radius 3 is 2.19 bits per heavy atom. The van der Waals surface area contributed by atoms with Crippen molar-refractivity contribution in [1.82, 2.24) is 0 Å². The zero-order valence-electron chi connectivity index (χ0n) is 9.87. The molecule has 0 saturated carbocycles. The van der Waals surface area contributed by atoms with Crippen LogP contribution in [0.4, 0.5) is 0 Å². The van der Waals surface area contributed by atoms with E-state index >= 15 is 0 Å². The Hall–Kier alpha value is -1.02. The van der Waals surface area contributed by atoms with Crippen LogP contribution < -0.4 is 0 Å². The van der Waals surface area contributed by atoms with Gasteiger partial charge in [-0.05, 0) is 24.0 Å². The van der Waals surface area contributed by atoms with Gasteiger partial charge in [-0.3, -0.25) is 4.79 Å². The van der Waals surface area contributed by atoms with E-state index in [1.165, 1.54) is 5.56 Å². The molecule has 0 aromatic heterocycles. The zero-order chi connectivity index (χ0) is 12.1. The van der Waals surface area contributed by atoms with Crippen molar-refractivity contribution in [2.24, 2.45) is 0 Å². The SMILES string of the molecule is CCOC(=O)C(Cl)c1ccc(C(C)C)cc1. The van der Waals surface area contributed by atoms with Gasteiger partial charge in [-0.1, -0.05) is 38.1 Å². The lowest BCUT2D eigenvalue weighted by molar-refractivity contribution is -0.142. The molecule has 0 aliphatic rings. The quantitative estimate of drug-likeness (QED) is 0.593. The van der Waals surface area contributed by atoms with E-state index in [1.807, 2.05) is 24.3 Å². The van der Waals surface area contributed by atoms with Gasteiger partial charge in [-0.15, -0.1) is 11.6 Å². The molecule has 0 heterocycles. The van der Waals surface area contributed by atoms with E-state index in [2.05, 4.69) is 13.8 Å². The van der Waals surface area contributed by atoms with Gasteiger partial charge in [0.05, 0.1) is 6.61 Å². The van der Waals surface area contributed by atoms with Crippen molar-refractivity contribution in [2.75, 3.05) is 6.61 Å². The summed E-state index contributed by atoms with van der Waals surface area (Å²) in [5, 5.41) is -0.707. The van der Waals surface area contributed by atoms with Crippen molar-refractivity contribution in [2.45, 2.75) is 32.1 Å². The lowest BCUT2D eigenvalue weighted by Crippen LogP contribution is -2.11. The molecule has 0 bridgehead atoms. The van der Waals surface area contributed by atoms with Gasteiger partial charge in [0, 0.05) is 0 Å². The molecule has 1 aromatic rings. The van der Waals surface area contributed by atoms with Crippen LogP contribution in [0, 0.1) is 0 Å². The normalized spacial score (nSPS) is 12.6. The molecule has 3 heteroatoms. The number of esters is 1. The fourth-order valence-corrected chi connectivity index (χ4v) is 1.61. The van der Waals surface area contributed by atoms with Crippen LogP contribution in [0.25, 0.3) is 0 Å². The first kappa shape index (κ1) is 13.0. The van der Waals surface area contributed by atoms with Crippen molar-refractivity contribution in [3.63, 3.8) is 0 Å². The Bertz CT molecular complexity index is 343. The maximum absolute atomic E-state index is 11.4. The molecule has 0 fully saturated rings. The van der Waals surface area contributed by atoms with Gasteiger partial charge in [0.25, 0.3) is 0 Å². The maximum Gasteiger partial charge on any atom is 0.328 e. The number of ether oxygens (including phenoxy) is 1. The minimum Gasteiger partial charge on any atom is -0.465 e. The summed E-state index contributed by atoms with van der Waals surface area (Å²) in [5.41, 5.74) is 2.01. The second-order valence-electron chi connectivity index (χ2n) is 3.94. The van der Waals surface area contributed by atoms with Crippen LogP contribution in [-0.4, -0.2) is 12.6 Å². The Morgan fingerprint density at radius 1 is 1.25 bits per heavy atom. The lowest BCUT2D eigenvalue weighted by atomic mass is 10.0. The van der Waals surface area contributed by atoms with Crippen LogP contribution in [0.2, 0.25) is 0 Å². The van der Waals surface area contributed by atoms with E-state index in [0.717, 1.165) is 5.56 Å². The average molecular weight is 241 g/mol. The van der Waals surface area contributed by atoms with Crippen LogP contribution in [0.1, 0.15) is 43.2 Å². The third-order valence-electron chi connectivity index (χ3n) is 2.39. The highest BCUT2D eigenvalue weighted by Gasteiger charge is 2.18. The Balaban J connectivity index is 2.77. The molecule has 1 aromatic carbocycles. The van der Waals surface area contributed by atoms with Gasteiger partial charge < -0.3 is 4.74 Å². The topological polar surface area (TPSA) is 26.3 Å². The number of rotatable bonds is 4. The summed E-state index contributed by atoms with van der Waals surface area (Å²) in [4.78, 5) is 11.4. The van der Waals surface area contributed by atoms with Crippen LogP contribution in [0.3, 0.4) is 0 Å². The molecule has 0 radical (unpaired) electrons. The number of hydrogen-bond donors (Lipinski definition) is 0. The van der Waals surface area contributed by atoms with Gasteiger partial charge in [0.15, 0.2) is 5.38 Å². The number of carbonyl (C=O) groups is 1. The lowest BCUT2D eigenvalue weighted by Gasteiger charge is -2.10. The molecule has 0 aliphatic heterocycles. The molecule has 2 nitrogen and oxygen atoms in total. The molecular formula is C13H17ClO2. The highest BCUT2D eigenvalue weighted by molar-refractivity contribution is 6.29. The van der Waals surface area contributed by atoms with Crippen LogP contribution >= 0.6 is 11.6 Å². The van der Waals surface area contributed by atoms with Gasteiger partial charge in [0.1, 0.15) is 0 Å². The average Bonchev–Trinajstić information content (AvgIpc) is 2.28. The van der Waals surface area contributed by atoms with Crippen molar-refractivity contribution in [1.29, 1.82) is 0 Å². The summed E-state index contributed by atoms with van der Waals surface area (Å²) < 4.78 is 4.86. The summed E-state index contributed by atoms with van der Waals surface area (Å²) >= 11 is 5.99. The standard InChI is InChI=1S/C13H17ClO2/c1-4-16-13(15)12(14)11-7-5-10(6-8-11)9(2)3/h5-9,12H,4H2,1-3H3. The first-order valence-corrected chi connectivity index (χ1v) is 5.90. The number of carbonyl (C=O) groups excluding carboxylic acids is 1. The second-order valence-corrected chi connectivity index (χ2v) is 4.37. The number of alkyl halides is 1. The molecule has 0 amide bonds. The fourth-order valence-electron chi connectivity index (χ4n) is 1.40. The first-order chi connectivity index (χ1) is 7.56. The van der Waals surface area contributed by atoms with Crippen molar-refractivity contribution >= 4 is 17.6 Å². The molecule has 0 N–H and O–H groups in total. The summed E-state index contributed by atoms with van der Waals surface area (Å²) in [6.07, 6.45) is 0. The Morgan fingerprint density at radius 2 is 1.75 bits per heavy atom. The third-order valence-corrected chi connectivity index (χ3v) is 2.82. The van der Waals surface area contributed by atoms with E-state index in [9.17, 15) is 4.79 Å². The predicted octanol–water partition coefficient (Wildman–Crippen LogP) is 3.65. The fraction of sp³-hybridized carbons (Fsp3) is 0.462. The van der Waals surface area contributed by atoms with E-state index < -0.39 is 5.38 Å². The van der Waals surface area contributed by atoms with E-state index in [4.69, 9.17) is 16.3 Å². The highest BCUT2D eigenvalue weighted by Crippen LogP contribution is 2.24. The molecule has 1 rings (SSSR count). The molecular weight excluding hydrogens is 224 g/mol. The van der Waals surface area contributed by atoms with E-state index in [-0.39, 0.29) is 5.97 Å². The molecule has 1 unspecified atom stereocenters. The molecule has 16 heavy (non-hydrogen) atoms. The van der Waals surface area contributed by atoms with Crippen LogP contribution in [0.5, 0.6) is 0 Å². The monoisotopic (exact) mass is 240 g/mol. The third kappa shape index (κ3) is 3.24. The smallest absolute Gasteiger partial charge is 0.328 e. The molecule has 1 atom stereocenters. The minimum absolute atomic E-state index is 0.353. The summed E-state index contributed by atoms with van der Waals surface area (Å²) in [7, 11) is 0. The Kier molecular flexibility index (Phi) is 4.81. The van der Waals surface area contributed by atoms with E-state index in [1.54, 1.807) is 6.92 Å². The number of hydrogen-bond acceptors (Lipinski definition) is 2. The van der Waals surface area contributed by atoms with Crippen molar-refractivity contribution < 1.29 is 9.53 Å². The minimum atomic E-state index is -0.707. The van der Waals surface area contributed by atoms with Crippen molar-refractivity contribution in [3.05, 3.63) is 35.4 Å². The maximum atomic E-state index is 11.4. The van der Waals surface area contributed by atoms with Crippen LogP contribution in [-0.2, 0) is 9.53 Å². The largest absolute Gasteiger partial charge is 0.465 e. The second kappa shape index (κ2) is 5.90. The number of benzene rings is 1. The van der Waals surface area contributed by atoms with Gasteiger partial charge in [-0.2, -0.15) is 0 Å². The zero-order valence-corrected chi connectivity index (χ0v) is 10.6. The van der Waals surface area contributed by atoms with Gasteiger partial charge in [0.2, 0.25) is 0 Å². The molecule has 0 aliphatic carbocycles. The van der Waals surface area contributed by atoms with Gasteiger partial charge in [-0.25, -0.2) is 0 Å². The highest BCUT2D eigenvalue weighted by atomic mass is 35.5. The van der Waals surface area contributed by atoms with Crippen molar-refractivity contribution in [3.8, 4) is 0 Å².